The lowest BCUT2D eigenvalue weighted by molar-refractivity contribution is 0.103. The van der Waals surface area contributed by atoms with Crippen LogP contribution in [0.5, 0.6) is 11.5 Å². The molecule has 0 amide bonds. The summed E-state index contributed by atoms with van der Waals surface area (Å²) in [5, 5.41) is 23.0. The van der Waals surface area contributed by atoms with Gasteiger partial charge in [0, 0.05) is 33.0 Å². The molecule has 6 aromatic rings. The van der Waals surface area contributed by atoms with E-state index in [1.165, 1.54) is 24.3 Å². The van der Waals surface area contributed by atoms with Gasteiger partial charge in [-0.2, -0.15) is 0 Å². The number of furan rings is 2. The molecule has 0 saturated carbocycles. The van der Waals surface area contributed by atoms with Crippen LogP contribution in [0.15, 0.2) is 81.6 Å². The third-order valence-electron chi connectivity index (χ3n) is 7.29. The largest absolute Gasteiger partial charge is 0.506 e. The van der Waals surface area contributed by atoms with Crippen LogP contribution in [0.1, 0.15) is 40.9 Å². The zero-order chi connectivity index (χ0) is 28.1. The average molecular weight is 571 g/mol. The number of rotatable bonds is 6. The van der Waals surface area contributed by atoms with Gasteiger partial charge < -0.3 is 19.0 Å². The number of ketones is 1. The number of halogens is 2. The van der Waals surface area contributed by atoms with Crippen molar-refractivity contribution in [2.24, 2.45) is 0 Å². The van der Waals surface area contributed by atoms with Gasteiger partial charge in [-0.05, 0) is 49.2 Å². The van der Waals surface area contributed by atoms with Crippen molar-refractivity contribution < 1.29 is 23.8 Å². The van der Waals surface area contributed by atoms with Crippen LogP contribution in [0.4, 0.5) is 0 Å². The van der Waals surface area contributed by atoms with E-state index in [1.807, 2.05) is 62.4 Å². The Morgan fingerprint density at radius 1 is 0.650 bits per heavy atom. The van der Waals surface area contributed by atoms with Crippen molar-refractivity contribution in [1.82, 2.24) is 0 Å². The standard InChI is InChI=1S/C33H24Cl2O5/c1-3-17-19-9-5-7-11-25(19)39-32(17)27-21(13-15-23(36)29(27)34)31(38)22-14-16-24(37)30(35)28(22)33-18(4-2)20-10-6-8-12-26(20)40-33/h5-16,36-37H,3-4H2,1-2H3. The van der Waals surface area contributed by atoms with Gasteiger partial charge in [-0.1, -0.05) is 73.4 Å². The fraction of sp³-hybridized carbons (Fsp3) is 0.121. The van der Waals surface area contributed by atoms with Gasteiger partial charge >= 0.3 is 0 Å². The van der Waals surface area contributed by atoms with E-state index >= 15 is 0 Å². The molecule has 4 aromatic carbocycles. The molecule has 0 atom stereocenters. The van der Waals surface area contributed by atoms with Gasteiger partial charge in [0.15, 0.2) is 5.78 Å². The lowest BCUT2D eigenvalue weighted by Gasteiger charge is -2.15. The SMILES string of the molecule is CCc1c(-c2c(C(=O)c3ccc(O)c(Cl)c3-c3oc4ccccc4c3CC)ccc(O)c2Cl)oc2ccccc12. The second kappa shape index (κ2) is 10.1. The Balaban J connectivity index is 1.63. The first-order valence-corrected chi connectivity index (χ1v) is 13.7. The summed E-state index contributed by atoms with van der Waals surface area (Å²) < 4.78 is 12.5. The fourth-order valence-electron chi connectivity index (χ4n) is 5.40. The van der Waals surface area contributed by atoms with Crippen LogP contribution in [0.2, 0.25) is 10.0 Å². The quantitative estimate of drug-likeness (QED) is 0.195. The highest BCUT2D eigenvalue weighted by Crippen LogP contribution is 2.46. The Labute approximate surface area is 240 Å². The highest BCUT2D eigenvalue weighted by molar-refractivity contribution is 6.38. The molecule has 0 aliphatic heterocycles. The van der Waals surface area contributed by atoms with Crippen LogP contribution in [-0.4, -0.2) is 16.0 Å². The molecule has 0 bridgehead atoms. The highest BCUT2D eigenvalue weighted by atomic mass is 35.5. The first kappa shape index (κ1) is 26.1. The summed E-state index contributed by atoms with van der Waals surface area (Å²) in [6, 6.07) is 21.0. The van der Waals surface area contributed by atoms with Crippen molar-refractivity contribution in [3.05, 3.63) is 105 Å². The van der Waals surface area contributed by atoms with E-state index in [4.69, 9.17) is 32.0 Å². The first-order valence-electron chi connectivity index (χ1n) is 12.9. The summed E-state index contributed by atoms with van der Waals surface area (Å²) in [4.78, 5) is 14.4. The number of fused-ring (bicyclic) bond motifs is 2. The van der Waals surface area contributed by atoms with Gasteiger partial charge in [-0.15, -0.1) is 0 Å². The zero-order valence-corrected chi connectivity index (χ0v) is 23.2. The summed E-state index contributed by atoms with van der Waals surface area (Å²) in [6.07, 6.45) is 1.22. The Hall–Kier alpha value is -4.19. The van der Waals surface area contributed by atoms with E-state index in [0.717, 1.165) is 21.9 Å². The Kier molecular flexibility index (Phi) is 6.57. The number of hydrogen-bond donors (Lipinski definition) is 2. The van der Waals surface area contributed by atoms with Gasteiger partial charge in [-0.25, -0.2) is 0 Å². The molecule has 0 aliphatic rings. The minimum atomic E-state index is -0.418. The Bertz CT molecular complexity index is 1810. The second-order valence-electron chi connectivity index (χ2n) is 9.49. The smallest absolute Gasteiger partial charge is 0.194 e. The van der Waals surface area contributed by atoms with Gasteiger partial charge in [0.05, 0.1) is 21.2 Å². The van der Waals surface area contributed by atoms with Gasteiger partial charge in [0.2, 0.25) is 0 Å². The molecule has 0 unspecified atom stereocenters. The van der Waals surface area contributed by atoms with Crippen molar-refractivity contribution in [3.63, 3.8) is 0 Å². The summed E-state index contributed by atoms with van der Waals surface area (Å²) in [5.41, 5.74) is 4.04. The summed E-state index contributed by atoms with van der Waals surface area (Å²) in [6.45, 7) is 3.98. The van der Waals surface area contributed by atoms with Gasteiger partial charge in [-0.3, -0.25) is 4.79 Å². The molecule has 7 heteroatoms. The molecule has 0 saturated heterocycles. The molecular formula is C33H24Cl2O5. The third-order valence-corrected chi connectivity index (χ3v) is 8.06. The van der Waals surface area contributed by atoms with Crippen LogP contribution in [0.25, 0.3) is 44.6 Å². The van der Waals surface area contributed by atoms with E-state index in [-0.39, 0.29) is 43.8 Å². The van der Waals surface area contributed by atoms with Crippen molar-refractivity contribution in [1.29, 1.82) is 0 Å². The summed E-state index contributed by atoms with van der Waals surface area (Å²) in [7, 11) is 0. The van der Waals surface area contributed by atoms with Crippen LogP contribution >= 0.6 is 23.2 Å². The number of para-hydroxylation sites is 2. The van der Waals surface area contributed by atoms with Crippen molar-refractivity contribution in [2.45, 2.75) is 26.7 Å². The van der Waals surface area contributed by atoms with Crippen molar-refractivity contribution >= 4 is 50.9 Å². The third kappa shape index (κ3) is 3.96. The number of carbonyl (C=O) groups is 1. The van der Waals surface area contributed by atoms with E-state index in [0.29, 0.717) is 35.5 Å². The Morgan fingerprint density at radius 2 is 1.05 bits per heavy atom. The van der Waals surface area contributed by atoms with Crippen LogP contribution in [0.3, 0.4) is 0 Å². The van der Waals surface area contributed by atoms with E-state index < -0.39 is 5.78 Å². The maximum absolute atomic E-state index is 14.4. The normalized spacial score (nSPS) is 11.5. The zero-order valence-electron chi connectivity index (χ0n) is 21.7. The molecule has 0 aliphatic carbocycles. The molecule has 2 aromatic heterocycles. The monoisotopic (exact) mass is 570 g/mol. The predicted molar refractivity (Wildman–Crippen MR) is 159 cm³/mol. The van der Waals surface area contributed by atoms with Gasteiger partial charge in [0.1, 0.15) is 34.2 Å². The molecule has 2 N–H and O–H groups in total. The van der Waals surface area contributed by atoms with Crippen LogP contribution in [0, 0.1) is 0 Å². The van der Waals surface area contributed by atoms with Crippen LogP contribution in [-0.2, 0) is 12.8 Å². The van der Waals surface area contributed by atoms with E-state index in [2.05, 4.69) is 0 Å². The molecule has 0 spiro atoms. The molecule has 40 heavy (non-hydrogen) atoms. The van der Waals surface area contributed by atoms with Gasteiger partial charge in [0.25, 0.3) is 0 Å². The number of aromatic hydroxyl groups is 2. The lowest BCUT2D eigenvalue weighted by Crippen LogP contribution is -2.07. The highest BCUT2D eigenvalue weighted by Gasteiger charge is 2.30. The number of benzene rings is 4. The minimum absolute atomic E-state index is 0.00372. The molecular weight excluding hydrogens is 547 g/mol. The molecule has 6 rings (SSSR count). The number of hydrogen-bond acceptors (Lipinski definition) is 5. The van der Waals surface area contributed by atoms with E-state index in [9.17, 15) is 15.0 Å². The maximum Gasteiger partial charge on any atom is 0.194 e. The summed E-state index contributed by atoms with van der Waals surface area (Å²) >= 11 is 13.4. The molecule has 0 radical (unpaired) electrons. The predicted octanol–water partition coefficient (Wildman–Crippen LogP) is 9.59. The fourth-order valence-corrected chi connectivity index (χ4v) is 5.90. The number of carbonyl (C=O) groups excluding carboxylic acids is 1. The van der Waals surface area contributed by atoms with E-state index in [1.54, 1.807) is 0 Å². The first-order chi connectivity index (χ1) is 19.3. The molecule has 2 heterocycles. The maximum atomic E-state index is 14.4. The summed E-state index contributed by atoms with van der Waals surface area (Å²) in [5.74, 6) is 0.0593. The topological polar surface area (TPSA) is 83.8 Å². The second-order valence-corrected chi connectivity index (χ2v) is 10.2. The molecule has 5 nitrogen and oxygen atoms in total. The molecule has 0 fully saturated rings. The number of phenols is 2. The number of aryl methyl sites for hydroxylation is 2. The van der Waals surface area contributed by atoms with Crippen molar-refractivity contribution in [3.8, 4) is 34.1 Å². The Morgan fingerprint density at radius 3 is 1.45 bits per heavy atom. The molecule has 200 valence electrons. The van der Waals surface area contributed by atoms with Crippen molar-refractivity contribution in [2.75, 3.05) is 0 Å². The minimum Gasteiger partial charge on any atom is -0.506 e. The number of phenolic OH excluding ortho intramolecular Hbond substituents is 2. The lowest BCUT2D eigenvalue weighted by atomic mass is 9.90. The average Bonchev–Trinajstić information content (AvgIpc) is 3.53. The van der Waals surface area contributed by atoms with Crippen LogP contribution < -0.4 is 0 Å².